The average Bonchev–Trinajstić information content (AvgIpc) is 1.89. The van der Waals surface area contributed by atoms with E-state index in [4.69, 9.17) is 11.5 Å². The first-order valence-electron chi connectivity index (χ1n) is 2.45. The zero-order valence-corrected chi connectivity index (χ0v) is 4.96. The summed E-state index contributed by atoms with van der Waals surface area (Å²) >= 11 is 0. The van der Waals surface area contributed by atoms with Crippen LogP contribution in [0.4, 0.5) is 0 Å². The van der Waals surface area contributed by atoms with E-state index >= 15 is 0 Å². The van der Waals surface area contributed by atoms with Crippen molar-refractivity contribution in [1.29, 1.82) is 0 Å². The number of carbonyl (C=O) groups excluding carboxylic acids is 1. The van der Waals surface area contributed by atoms with Crippen LogP contribution >= 0.6 is 0 Å². The highest BCUT2D eigenvalue weighted by molar-refractivity contribution is 5.80. The molecule has 0 heterocycles. The molecule has 0 atom stereocenters. The third kappa shape index (κ3) is 5.01. The number of rotatable bonds is 4. The number of hydrogen-bond donors (Lipinski definition) is 1. The second kappa shape index (κ2) is 5.29. The van der Waals surface area contributed by atoms with Gasteiger partial charge in [0.25, 0.3) is 0 Å². The first-order valence-corrected chi connectivity index (χ1v) is 2.45. The van der Waals surface area contributed by atoms with Crippen molar-refractivity contribution < 1.29 is 14.6 Å². The largest absolute Gasteiger partial charge is 0.388 e. The Bertz CT molecular complexity index is 123. The van der Waals surface area contributed by atoms with Gasteiger partial charge >= 0.3 is 0 Å². The van der Waals surface area contributed by atoms with Gasteiger partial charge in [-0.1, -0.05) is 5.92 Å². The van der Waals surface area contributed by atoms with Crippen LogP contribution in [-0.4, -0.2) is 30.7 Å². The molecule has 0 aliphatic heterocycles. The number of carbonyl (C=O) groups is 1. The lowest BCUT2D eigenvalue weighted by molar-refractivity contribution is -0.125. The fourth-order valence-corrected chi connectivity index (χ4v) is 0.269. The SMILES string of the molecule is C#CCOCC(=O)CO. The van der Waals surface area contributed by atoms with E-state index in [0.717, 1.165) is 0 Å². The summed E-state index contributed by atoms with van der Waals surface area (Å²) in [5, 5.41) is 8.15. The monoisotopic (exact) mass is 128 g/mol. The van der Waals surface area contributed by atoms with Crippen molar-refractivity contribution in [3.05, 3.63) is 0 Å². The lowest BCUT2D eigenvalue weighted by atomic mass is 10.4. The molecule has 3 nitrogen and oxygen atoms in total. The maximum atomic E-state index is 10.2. The van der Waals surface area contributed by atoms with E-state index in [1.54, 1.807) is 0 Å². The maximum Gasteiger partial charge on any atom is 0.183 e. The number of aliphatic hydroxyl groups is 1. The van der Waals surface area contributed by atoms with Crippen molar-refractivity contribution in [2.75, 3.05) is 19.8 Å². The molecule has 0 aromatic heterocycles. The van der Waals surface area contributed by atoms with Gasteiger partial charge in [-0.3, -0.25) is 4.79 Å². The minimum Gasteiger partial charge on any atom is -0.388 e. The van der Waals surface area contributed by atoms with Crippen molar-refractivity contribution in [3.63, 3.8) is 0 Å². The maximum absolute atomic E-state index is 10.2. The first-order chi connectivity index (χ1) is 4.31. The first kappa shape index (κ1) is 8.15. The molecule has 0 saturated carbocycles. The van der Waals surface area contributed by atoms with Gasteiger partial charge in [0.1, 0.15) is 19.8 Å². The molecule has 0 aromatic carbocycles. The number of hydrogen-bond acceptors (Lipinski definition) is 3. The molecular weight excluding hydrogens is 120 g/mol. The molecule has 0 radical (unpaired) electrons. The van der Waals surface area contributed by atoms with Gasteiger partial charge in [0.05, 0.1) is 0 Å². The normalized spacial score (nSPS) is 8.44. The number of ether oxygens (including phenoxy) is 1. The van der Waals surface area contributed by atoms with E-state index in [0.29, 0.717) is 0 Å². The molecule has 0 aromatic rings. The molecule has 9 heavy (non-hydrogen) atoms. The topological polar surface area (TPSA) is 46.5 Å². The molecular formula is C6H8O3. The minimum absolute atomic E-state index is 0.0965. The molecule has 0 bridgehead atoms. The van der Waals surface area contributed by atoms with Crippen LogP contribution in [0.1, 0.15) is 0 Å². The Kier molecular flexibility index (Phi) is 4.79. The highest BCUT2D eigenvalue weighted by Gasteiger charge is 1.95. The summed E-state index contributed by atoms with van der Waals surface area (Å²) in [5.74, 6) is 1.83. The van der Waals surface area contributed by atoms with Gasteiger partial charge in [0, 0.05) is 0 Å². The van der Waals surface area contributed by atoms with E-state index < -0.39 is 6.61 Å². The molecule has 0 spiro atoms. The summed E-state index contributed by atoms with van der Waals surface area (Å²) in [6, 6.07) is 0. The number of ketones is 1. The summed E-state index contributed by atoms with van der Waals surface area (Å²) in [6.45, 7) is -0.461. The fraction of sp³-hybridized carbons (Fsp3) is 0.500. The summed E-state index contributed by atoms with van der Waals surface area (Å²) in [7, 11) is 0. The summed E-state index contributed by atoms with van der Waals surface area (Å²) in [5.41, 5.74) is 0. The third-order valence-corrected chi connectivity index (χ3v) is 0.625. The van der Waals surface area contributed by atoms with Gasteiger partial charge in [0.15, 0.2) is 5.78 Å². The zero-order chi connectivity index (χ0) is 7.11. The van der Waals surface area contributed by atoms with Gasteiger partial charge in [-0.15, -0.1) is 6.42 Å². The zero-order valence-electron chi connectivity index (χ0n) is 4.96. The molecule has 3 heteroatoms. The van der Waals surface area contributed by atoms with Gasteiger partial charge < -0.3 is 9.84 Å². The Morgan fingerprint density at radius 3 is 2.89 bits per heavy atom. The van der Waals surface area contributed by atoms with Crippen molar-refractivity contribution in [2.45, 2.75) is 0 Å². The molecule has 1 N–H and O–H groups in total. The van der Waals surface area contributed by atoms with Crippen LogP contribution in [-0.2, 0) is 9.53 Å². The Morgan fingerprint density at radius 1 is 1.78 bits per heavy atom. The summed E-state index contributed by atoms with van der Waals surface area (Å²) in [4.78, 5) is 10.2. The third-order valence-electron chi connectivity index (χ3n) is 0.625. The highest BCUT2D eigenvalue weighted by atomic mass is 16.5. The lowest BCUT2D eigenvalue weighted by Crippen LogP contribution is -2.12. The number of aliphatic hydroxyl groups excluding tert-OH is 1. The van der Waals surface area contributed by atoms with Crippen LogP contribution in [0, 0.1) is 12.3 Å². The van der Waals surface area contributed by atoms with Crippen LogP contribution in [0.3, 0.4) is 0 Å². The van der Waals surface area contributed by atoms with Crippen LogP contribution in [0.5, 0.6) is 0 Å². The van der Waals surface area contributed by atoms with E-state index in [1.165, 1.54) is 0 Å². The summed E-state index contributed by atoms with van der Waals surface area (Å²) in [6.07, 6.45) is 4.81. The standard InChI is InChI=1S/C6H8O3/c1-2-3-9-5-6(8)4-7/h1,7H,3-5H2. The van der Waals surface area contributed by atoms with Crippen LogP contribution in [0.2, 0.25) is 0 Å². The summed E-state index contributed by atoms with van der Waals surface area (Å²) < 4.78 is 4.59. The Morgan fingerprint density at radius 2 is 2.44 bits per heavy atom. The average molecular weight is 128 g/mol. The predicted molar refractivity (Wildman–Crippen MR) is 31.7 cm³/mol. The highest BCUT2D eigenvalue weighted by Crippen LogP contribution is 1.74. The quantitative estimate of drug-likeness (QED) is 0.398. The predicted octanol–water partition coefficient (Wildman–Crippen LogP) is -0.802. The molecule has 50 valence electrons. The molecule has 0 amide bonds. The van der Waals surface area contributed by atoms with E-state index in [1.807, 2.05) is 0 Å². The Hall–Kier alpha value is -0.850. The van der Waals surface area contributed by atoms with Crippen molar-refractivity contribution in [3.8, 4) is 12.3 Å². The number of terminal acetylenes is 1. The fourth-order valence-electron chi connectivity index (χ4n) is 0.269. The van der Waals surface area contributed by atoms with Crippen LogP contribution < -0.4 is 0 Å². The van der Waals surface area contributed by atoms with Crippen LogP contribution in [0.15, 0.2) is 0 Å². The van der Waals surface area contributed by atoms with Gasteiger partial charge in [0.2, 0.25) is 0 Å². The lowest BCUT2D eigenvalue weighted by Gasteiger charge is -1.93. The van der Waals surface area contributed by atoms with E-state index in [-0.39, 0.29) is 19.0 Å². The number of Topliss-reactive ketones (excluding diaryl/α,β-unsaturated/α-hetero) is 1. The molecule has 0 unspecified atom stereocenters. The Labute approximate surface area is 53.6 Å². The Balaban J connectivity index is 3.09. The molecule has 0 aliphatic carbocycles. The van der Waals surface area contributed by atoms with Crippen LogP contribution in [0.25, 0.3) is 0 Å². The molecule has 0 aliphatic rings. The van der Waals surface area contributed by atoms with Crippen molar-refractivity contribution in [2.24, 2.45) is 0 Å². The van der Waals surface area contributed by atoms with E-state index in [2.05, 4.69) is 10.7 Å². The van der Waals surface area contributed by atoms with Gasteiger partial charge in [-0.05, 0) is 0 Å². The molecule has 0 rings (SSSR count). The smallest absolute Gasteiger partial charge is 0.183 e. The van der Waals surface area contributed by atoms with Gasteiger partial charge in [-0.25, -0.2) is 0 Å². The van der Waals surface area contributed by atoms with Gasteiger partial charge in [-0.2, -0.15) is 0 Å². The van der Waals surface area contributed by atoms with E-state index in [9.17, 15) is 4.79 Å². The van der Waals surface area contributed by atoms with Crippen molar-refractivity contribution >= 4 is 5.78 Å². The molecule has 0 fully saturated rings. The second-order valence-corrected chi connectivity index (χ2v) is 1.39. The second-order valence-electron chi connectivity index (χ2n) is 1.39. The van der Waals surface area contributed by atoms with Crippen molar-refractivity contribution in [1.82, 2.24) is 0 Å². The molecule has 0 saturated heterocycles. The minimum atomic E-state index is -0.482.